The SMILES string of the molecule is Cc1cc(C)c2[nH]c(=O)c(C(c3nnnn3CC3CCCO3)N3CCC(Cc4ccccc4)CC3)cc2c1. The molecule has 0 aliphatic carbocycles. The number of likely N-dealkylation sites (tertiary alicyclic amines) is 1. The molecule has 2 saturated heterocycles. The summed E-state index contributed by atoms with van der Waals surface area (Å²) in [4.78, 5) is 19.2. The van der Waals surface area contributed by atoms with Crippen molar-refractivity contribution >= 4 is 10.9 Å². The zero-order valence-corrected chi connectivity index (χ0v) is 22.3. The Kier molecular flexibility index (Phi) is 7.08. The summed E-state index contributed by atoms with van der Waals surface area (Å²) in [5, 5.41) is 14.0. The van der Waals surface area contributed by atoms with Crippen molar-refractivity contribution in [1.29, 1.82) is 0 Å². The molecule has 4 heterocycles. The van der Waals surface area contributed by atoms with Gasteiger partial charge in [0.05, 0.1) is 18.2 Å². The van der Waals surface area contributed by atoms with E-state index in [9.17, 15) is 4.79 Å². The third-order valence-corrected chi connectivity index (χ3v) is 8.20. The maximum Gasteiger partial charge on any atom is 0.253 e. The molecule has 2 aromatic carbocycles. The Morgan fingerprint density at radius 3 is 2.66 bits per heavy atom. The number of fused-ring (bicyclic) bond motifs is 1. The monoisotopic (exact) mass is 512 g/mol. The molecule has 198 valence electrons. The van der Waals surface area contributed by atoms with Crippen LogP contribution in [0.5, 0.6) is 0 Å². The summed E-state index contributed by atoms with van der Waals surface area (Å²) in [6.45, 7) is 7.30. The molecule has 8 nitrogen and oxygen atoms in total. The molecule has 38 heavy (non-hydrogen) atoms. The Bertz CT molecular complexity index is 1450. The van der Waals surface area contributed by atoms with E-state index in [4.69, 9.17) is 4.74 Å². The van der Waals surface area contributed by atoms with Crippen molar-refractivity contribution < 1.29 is 4.74 Å². The first-order valence-corrected chi connectivity index (χ1v) is 13.8. The topological polar surface area (TPSA) is 88.9 Å². The van der Waals surface area contributed by atoms with Gasteiger partial charge in [-0.15, -0.1) is 5.10 Å². The molecule has 1 N–H and O–H groups in total. The highest BCUT2D eigenvalue weighted by molar-refractivity contribution is 5.83. The number of piperidine rings is 1. The number of H-pyrrole nitrogens is 1. The molecule has 4 aromatic rings. The summed E-state index contributed by atoms with van der Waals surface area (Å²) < 4.78 is 7.76. The van der Waals surface area contributed by atoms with Crippen LogP contribution in [0, 0.1) is 19.8 Å². The fraction of sp³-hybridized carbons (Fsp3) is 0.467. The molecular weight excluding hydrogens is 476 g/mol. The van der Waals surface area contributed by atoms with E-state index >= 15 is 0 Å². The van der Waals surface area contributed by atoms with Crippen LogP contribution in [0.2, 0.25) is 0 Å². The number of benzene rings is 2. The van der Waals surface area contributed by atoms with Gasteiger partial charge in [-0.05, 0) is 104 Å². The van der Waals surface area contributed by atoms with Crippen LogP contribution in [-0.4, -0.2) is 55.9 Å². The normalized spacial score (nSPS) is 19.8. The number of ether oxygens (including phenoxy) is 1. The van der Waals surface area contributed by atoms with Crippen molar-refractivity contribution in [2.75, 3.05) is 19.7 Å². The Morgan fingerprint density at radius 2 is 1.89 bits per heavy atom. The lowest BCUT2D eigenvalue weighted by Gasteiger charge is -2.37. The number of aromatic nitrogens is 5. The smallest absolute Gasteiger partial charge is 0.253 e. The van der Waals surface area contributed by atoms with Gasteiger partial charge in [0.2, 0.25) is 0 Å². The van der Waals surface area contributed by atoms with Crippen LogP contribution in [0.1, 0.15) is 59.8 Å². The van der Waals surface area contributed by atoms with E-state index in [0.29, 0.717) is 18.0 Å². The summed E-state index contributed by atoms with van der Waals surface area (Å²) in [5.74, 6) is 1.34. The molecule has 0 radical (unpaired) electrons. The minimum absolute atomic E-state index is 0.0764. The molecule has 2 aliphatic rings. The van der Waals surface area contributed by atoms with Crippen molar-refractivity contribution in [3.8, 4) is 0 Å². The van der Waals surface area contributed by atoms with Gasteiger partial charge in [-0.1, -0.05) is 42.0 Å². The minimum Gasteiger partial charge on any atom is -0.376 e. The van der Waals surface area contributed by atoms with Gasteiger partial charge in [-0.3, -0.25) is 9.69 Å². The standard InChI is InChI=1S/C30H36N6O2/c1-20-15-21(2)27-24(16-20)18-26(30(37)31-27)28(29-32-33-34-36(29)19-25-9-6-14-38-25)35-12-10-23(11-13-35)17-22-7-4-3-5-8-22/h3-5,7-8,15-16,18,23,25,28H,6,9-14,17,19H2,1-2H3,(H,31,37). The second-order valence-corrected chi connectivity index (χ2v) is 11.0. The fourth-order valence-electron chi connectivity index (χ4n) is 6.29. The van der Waals surface area contributed by atoms with E-state index < -0.39 is 0 Å². The Hall–Kier alpha value is -3.36. The van der Waals surface area contributed by atoms with Crippen LogP contribution < -0.4 is 5.56 Å². The van der Waals surface area contributed by atoms with Crippen molar-refractivity contribution in [3.05, 3.63) is 87.0 Å². The van der Waals surface area contributed by atoms with E-state index in [1.54, 1.807) is 0 Å². The average molecular weight is 513 g/mol. The third kappa shape index (κ3) is 5.15. The largest absolute Gasteiger partial charge is 0.376 e. The maximum absolute atomic E-state index is 13.6. The Balaban J connectivity index is 1.34. The highest BCUT2D eigenvalue weighted by Crippen LogP contribution is 2.33. The zero-order chi connectivity index (χ0) is 26.1. The average Bonchev–Trinajstić information content (AvgIpc) is 3.60. The molecule has 0 saturated carbocycles. The van der Waals surface area contributed by atoms with Gasteiger partial charge in [0, 0.05) is 12.2 Å². The minimum atomic E-state index is -0.321. The van der Waals surface area contributed by atoms with Gasteiger partial charge in [-0.2, -0.15) is 0 Å². The molecule has 0 bridgehead atoms. The Labute approximate surface area is 223 Å². The number of rotatable bonds is 7. The van der Waals surface area contributed by atoms with Crippen LogP contribution in [0.3, 0.4) is 0 Å². The Morgan fingerprint density at radius 1 is 1.08 bits per heavy atom. The summed E-state index contributed by atoms with van der Waals surface area (Å²) in [6.07, 6.45) is 5.40. The molecule has 0 amide bonds. The van der Waals surface area contributed by atoms with E-state index in [2.05, 4.69) is 80.9 Å². The number of nitrogens with one attached hydrogen (secondary N) is 1. The number of aromatic amines is 1. The number of tetrazole rings is 1. The third-order valence-electron chi connectivity index (χ3n) is 8.20. The maximum atomic E-state index is 13.6. The molecule has 2 aromatic heterocycles. The first-order chi connectivity index (χ1) is 18.5. The van der Waals surface area contributed by atoms with Crippen LogP contribution in [-0.2, 0) is 17.7 Å². The number of nitrogens with zero attached hydrogens (tertiary/aromatic N) is 5. The highest BCUT2D eigenvalue weighted by Gasteiger charge is 2.34. The van der Waals surface area contributed by atoms with Crippen LogP contribution >= 0.6 is 0 Å². The summed E-state index contributed by atoms with van der Waals surface area (Å²) in [5.41, 5.74) is 5.16. The van der Waals surface area contributed by atoms with Gasteiger partial charge < -0.3 is 9.72 Å². The summed E-state index contributed by atoms with van der Waals surface area (Å²) in [7, 11) is 0. The molecule has 2 aliphatic heterocycles. The molecule has 2 atom stereocenters. The van der Waals surface area contributed by atoms with E-state index in [0.717, 1.165) is 74.1 Å². The second-order valence-electron chi connectivity index (χ2n) is 11.0. The molecule has 8 heteroatoms. The highest BCUT2D eigenvalue weighted by atomic mass is 16.5. The van der Waals surface area contributed by atoms with E-state index in [1.165, 1.54) is 11.1 Å². The zero-order valence-electron chi connectivity index (χ0n) is 22.3. The van der Waals surface area contributed by atoms with Gasteiger partial charge in [-0.25, -0.2) is 4.68 Å². The van der Waals surface area contributed by atoms with Crippen molar-refractivity contribution in [2.24, 2.45) is 5.92 Å². The van der Waals surface area contributed by atoms with Gasteiger partial charge in [0.1, 0.15) is 6.04 Å². The lowest BCUT2D eigenvalue weighted by Crippen LogP contribution is -2.41. The van der Waals surface area contributed by atoms with Gasteiger partial charge in [0.25, 0.3) is 5.56 Å². The van der Waals surface area contributed by atoms with Crippen molar-refractivity contribution in [2.45, 2.75) is 64.6 Å². The molecule has 0 spiro atoms. The molecule has 2 unspecified atom stereocenters. The van der Waals surface area contributed by atoms with Crippen LogP contribution in [0.4, 0.5) is 0 Å². The lowest BCUT2D eigenvalue weighted by atomic mass is 9.89. The number of hydrogen-bond donors (Lipinski definition) is 1. The molecule has 2 fully saturated rings. The predicted molar refractivity (Wildman–Crippen MR) is 147 cm³/mol. The summed E-state index contributed by atoms with van der Waals surface area (Å²) >= 11 is 0. The number of hydrogen-bond acceptors (Lipinski definition) is 6. The van der Waals surface area contributed by atoms with E-state index in [-0.39, 0.29) is 17.7 Å². The number of pyridine rings is 1. The number of aryl methyl sites for hydroxylation is 2. The first kappa shape index (κ1) is 24.9. The van der Waals surface area contributed by atoms with E-state index in [1.807, 2.05) is 11.6 Å². The molecular formula is C30H36N6O2. The van der Waals surface area contributed by atoms with Crippen LogP contribution in [0.15, 0.2) is 53.3 Å². The molecule has 6 rings (SSSR count). The quantitative estimate of drug-likeness (QED) is 0.396. The fourth-order valence-corrected chi connectivity index (χ4v) is 6.29. The van der Waals surface area contributed by atoms with Gasteiger partial charge in [0.15, 0.2) is 5.82 Å². The van der Waals surface area contributed by atoms with Crippen LogP contribution in [0.25, 0.3) is 10.9 Å². The van der Waals surface area contributed by atoms with Gasteiger partial charge >= 0.3 is 0 Å². The predicted octanol–water partition coefficient (Wildman–Crippen LogP) is 4.35. The van der Waals surface area contributed by atoms with Crippen molar-refractivity contribution in [3.63, 3.8) is 0 Å². The lowest BCUT2D eigenvalue weighted by molar-refractivity contribution is 0.0892. The van der Waals surface area contributed by atoms with Crippen molar-refractivity contribution in [1.82, 2.24) is 30.1 Å². The first-order valence-electron chi connectivity index (χ1n) is 13.8. The second kappa shape index (κ2) is 10.8. The summed E-state index contributed by atoms with van der Waals surface area (Å²) in [6, 6.07) is 16.7.